The van der Waals surface area contributed by atoms with E-state index in [1.807, 2.05) is 6.92 Å². The standard InChI is InChI=1S/C12H14F3NOS2/c1-3-19-9-6-4-5-8(10(9)11(16)18)17-7(2)12(13,14)15/h4-7H,3H2,1-2H3,(H2,16,18). The fraction of sp³-hybridized carbons (Fsp3) is 0.417. The van der Waals surface area contributed by atoms with Crippen LogP contribution in [0.2, 0.25) is 0 Å². The second-order valence-corrected chi connectivity index (χ2v) is 5.47. The van der Waals surface area contributed by atoms with Crippen LogP contribution < -0.4 is 10.5 Å². The summed E-state index contributed by atoms with van der Waals surface area (Å²) in [5.41, 5.74) is 5.95. The van der Waals surface area contributed by atoms with Gasteiger partial charge in [0.15, 0.2) is 6.10 Å². The van der Waals surface area contributed by atoms with Crippen molar-refractivity contribution in [2.75, 3.05) is 5.75 Å². The summed E-state index contributed by atoms with van der Waals surface area (Å²) in [7, 11) is 0. The molecular formula is C12H14F3NOS2. The highest BCUT2D eigenvalue weighted by molar-refractivity contribution is 7.99. The average molecular weight is 309 g/mol. The van der Waals surface area contributed by atoms with Crippen molar-refractivity contribution < 1.29 is 17.9 Å². The number of hydrogen-bond donors (Lipinski definition) is 1. The largest absolute Gasteiger partial charge is 0.480 e. The van der Waals surface area contributed by atoms with Crippen molar-refractivity contribution in [2.24, 2.45) is 5.73 Å². The molecule has 2 N–H and O–H groups in total. The highest BCUT2D eigenvalue weighted by Crippen LogP contribution is 2.33. The third kappa shape index (κ3) is 4.28. The molecule has 1 aromatic rings. The Labute approximate surface area is 119 Å². The van der Waals surface area contributed by atoms with Crippen molar-refractivity contribution in [3.05, 3.63) is 23.8 Å². The van der Waals surface area contributed by atoms with Gasteiger partial charge in [0.2, 0.25) is 0 Å². The van der Waals surface area contributed by atoms with E-state index in [0.29, 0.717) is 5.56 Å². The normalized spacial score (nSPS) is 13.1. The Morgan fingerprint density at radius 1 is 1.47 bits per heavy atom. The molecule has 7 heteroatoms. The maximum Gasteiger partial charge on any atom is 0.425 e. The minimum Gasteiger partial charge on any atom is -0.480 e. The number of ether oxygens (including phenoxy) is 1. The Bertz CT molecular complexity index is 463. The highest BCUT2D eigenvalue weighted by Gasteiger charge is 2.38. The van der Waals surface area contributed by atoms with E-state index >= 15 is 0 Å². The summed E-state index contributed by atoms with van der Waals surface area (Å²) < 4.78 is 42.5. The van der Waals surface area contributed by atoms with Crippen LogP contribution in [-0.2, 0) is 0 Å². The van der Waals surface area contributed by atoms with Crippen LogP contribution in [0.5, 0.6) is 5.75 Å². The molecule has 2 nitrogen and oxygen atoms in total. The summed E-state index contributed by atoms with van der Waals surface area (Å²) in [6, 6.07) is 4.82. The number of halogens is 3. The molecule has 0 aliphatic rings. The Morgan fingerprint density at radius 3 is 2.58 bits per heavy atom. The Kier molecular flexibility index (Phi) is 5.49. The van der Waals surface area contributed by atoms with Crippen LogP contribution in [0.4, 0.5) is 13.2 Å². The summed E-state index contributed by atoms with van der Waals surface area (Å²) in [5.74, 6) is 0.823. The fourth-order valence-corrected chi connectivity index (χ4v) is 2.50. The predicted molar refractivity (Wildman–Crippen MR) is 74.9 cm³/mol. The molecule has 1 aromatic carbocycles. The van der Waals surface area contributed by atoms with Gasteiger partial charge in [-0.25, -0.2) is 0 Å². The van der Waals surface area contributed by atoms with Crippen LogP contribution in [-0.4, -0.2) is 23.0 Å². The molecule has 0 aliphatic heterocycles. The molecule has 0 heterocycles. The third-order valence-electron chi connectivity index (χ3n) is 2.30. The molecular weight excluding hydrogens is 295 g/mol. The lowest BCUT2D eigenvalue weighted by Gasteiger charge is -2.20. The Morgan fingerprint density at radius 2 is 2.11 bits per heavy atom. The van der Waals surface area contributed by atoms with Crippen molar-refractivity contribution in [2.45, 2.75) is 31.0 Å². The third-order valence-corrected chi connectivity index (χ3v) is 3.44. The van der Waals surface area contributed by atoms with E-state index in [9.17, 15) is 13.2 Å². The minimum absolute atomic E-state index is 0.0286. The number of rotatable bonds is 5. The van der Waals surface area contributed by atoms with Gasteiger partial charge < -0.3 is 10.5 Å². The van der Waals surface area contributed by atoms with Crippen molar-refractivity contribution >= 4 is 29.0 Å². The van der Waals surface area contributed by atoms with Crippen molar-refractivity contribution in [1.29, 1.82) is 0 Å². The average Bonchev–Trinajstić information content (AvgIpc) is 2.27. The van der Waals surface area contributed by atoms with Gasteiger partial charge in [0.25, 0.3) is 0 Å². The van der Waals surface area contributed by atoms with Gasteiger partial charge >= 0.3 is 6.18 Å². The van der Waals surface area contributed by atoms with Gasteiger partial charge in [-0.3, -0.25) is 0 Å². The molecule has 0 aliphatic carbocycles. The van der Waals surface area contributed by atoms with E-state index in [0.717, 1.165) is 17.6 Å². The molecule has 0 amide bonds. The molecule has 0 fully saturated rings. The summed E-state index contributed by atoms with van der Waals surface area (Å²) in [5, 5.41) is 0. The van der Waals surface area contributed by atoms with Crippen molar-refractivity contribution in [3.8, 4) is 5.75 Å². The van der Waals surface area contributed by atoms with E-state index in [4.69, 9.17) is 22.7 Å². The molecule has 0 bridgehead atoms. The molecule has 1 unspecified atom stereocenters. The maximum atomic E-state index is 12.5. The van der Waals surface area contributed by atoms with E-state index in [-0.39, 0.29) is 10.7 Å². The first-order valence-corrected chi connectivity index (χ1v) is 6.95. The second kappa shape index (κ2) is 6.47. The smallest absolute Gasteiger partial charge is 0.425 e. The van der Waals surface area contributed by atoms with Gasteiger partial charge in [-0.1, -0.05) is 25.2 Å². The van der Waals surface area contributed by atoms with Crippen LogP contribution in [0.3, 0.4) is 0 Å². The quantitative estimate of drug-likeness (QED) is 0.663. The van der Waals surface area contributed by atoms with Gasteiger partial charge in [0.1, 0.15) is 10.7 Å². The molecule has 0 saturated carbocycles. The van der Waals surface area contributed by atoms with Crippen LogP contribution in [0, 0.1) is 0 Å². The summed E-state index contributed by atoms with van der Waals surface area (Å²) >= 11 is 6.35. The zero-order valence-corrected chi connectivity index (χ0v) is 12.1. The zero-order valence-electron chi connectivity index (χ0n) is 10.5. The molecule has 1 atom stereocenters. The summed E-state index contributed by atoms with van der Waals surface area (Å²) in [6.45, 7) is 2.88. The SMILES string of the molecule is CCSc1cccc(OC(C)C(F)(F)F)c1C(N)=S. The first-order valence-electron chi connectivity index (χ1n) is 5.56. The van der Waals surface area contributed by atoms with Crippen molar-refractivity contribution in [1.82, 2.24) is 0 Å². The number of benzene rings is 1. The van der Waals surface area contributed by atoms with E-state index < -0.39 is 12.3 Å². The van der Waals surface area contributed by atoms with Crippen LogP contribution in [0.15, 0.2) is 23.1 Å². The number of nitrogens with two attached hydrogens (primary N) is 1. The topological polar surface area (TPSA) is 35.2 Å². The monoisotopic (exact) mass is 309 g/mol. The number of thioether (sulfide) groups is 1. The summed E-state index contributed by atoms with van der Waals surface area (Å²) in [6.07, 6.45) is -6.34. The first-order chi connectivity index (χ1) is 8.77. The summed E-state index contributed by atoms with van der Waals surface area (Å²) in [4.78, 5) is 0.753. The van der Waals surface area contributed by atoms with Crippen molar-refractivity contribution in [3.63, 3.8) is 0 Å². The van der Waals surface area contributed by atoms with Gasteiger partial charge in [-0.2, -0.15) is 13.2 Å². The Balaban J connectivity index is 3.13. The fourth-order valence-electron chi connectivity index (χ4n) is 1.39. The first kappa shape index (κ1) is 16.1. The lowest BCUT2D eigenvalue weighted by molar-refractivity contribution is -0.189. The van der Waals surface area contributed by atoms with Gasteiger partial charge in [-0.15, -0.1) is 11.8 Å². The van der Waals surface area contributed by atoms with Gasteiger partial charge in [0.05, 0.1) is 5.56 Å². The van der Waals surface area contributed by atoms with E-state index in [2.05, 4.69) is 0 Å². The molecule has 19 heavy (non-hydrogen) atoms. The molecule has 0 aromatic heterocycles. The predicted octanol–water partition coefficient (Wildman–Crippen LogP) is 3.76. The van der Waals surface area contributed by atoms with Crippen LogP contribution >= 0.6 is 24.0 Å². The number of hydrogen-bond acceptors (Lipinski definition) is 3. The molecule has 1 rings (SSSR count). The highest BCUT2D eigenvalue weighted by atomic mass is 32.2. The molecule has 0 saturated heterocycles. The Hall–Kier alpha value is -0.950. The molecule has 106 valence electrons. The lowest BCUT2D eigenvalue weighted by Crippen LogP contribution is -2.32. The van der Waals surface area contributed by atoms with Crippen LogP contribution in [0.1, 0.15) is 19.4 Å². The maximum absolute atomic E-state index is 12.5. The zero-order chi connectivity index (χ0) is 14.6. The van der Waals surface area contributed by atoms with E-state index in [1.54, 1.807) is 12.1 Å². The lowest BCUT2D eigenvalue weighted by atomic mass is 10.2. The van der Waals surface area contributed by atoms with E-state index in [1.165, 1.54) is 17.8 Å². The van der Waals surface area contributed by atoms with Gasteiger partial charge in [0, 0.05) is 4.90 Å². The van der Waals surface area contributed by atoms with Crippen LogP contribution in [0.25, 0.3) is 0 Å². The minimum atomic E-state index is -4.43. The van der Waals surface area contributed by atoms with Gasteiger partial charge in [-0.05, 0) is 24.8 Å². The molecule has 0 spiro atoms. The molecule has 0 radical (unpaired) electrons. The number of thiocarbonyl (C=S) groups is 1. The number of alkyl halides is 3. The second-order valence-electron chi connectivity index (χ2n) is 3.73.